The van der Waals surface area contributed by atoms with Crippen LogP contribution in [0.4, 0.5) is 0 Å². The van der Waals surface area contributed by atoms with Gasteiger partial charge in [0.05, 0.1) is 0 Å². The molecule has 0 aliphatic carbocycles. The average Bonchev–Trinajstić information content (AvgIpc) is 1.69. The molecule has 0 aliphatic rings. The molecule has 0 rings (SSSR count). The fraction of sp³-hybridized carbons (Fsp3) is 1.00. The van der Waals surface area contributed by atoms with Crippen LogP contribution in [0.15, 0.2) is 0 Å². The Kier molecular flexibility index (Phi) is 27.9. The van der Waals surface area contributed by atoms with Gasteiger partial charge in [-0.3, -0.25) is 0 Å². The third-order valence-corrected chi connectivity index (χ3v) is 0.333. The lowest BCUT2D eigenvalue weighted by molar-refractivity contribution is -0.0253. The number of nitrogens with one attached hydrogen (secondary N) is 2. The maximum absolute atomic E-state index is 7.81. The smallest absolute Gasteiger partial charge is 0.121 e. The molecule has 0 unspecified atom stereocenters. The zero-order valence-corrected chi connectivity index (χ0v) is 5.44. The third kappa shape index (κ3) is 18.0. The predicted molar refractivity (Wildman–Crippen MR) is 31.5 cm³/mol. The molecular formula is C2H11ClN2O4. The van der Waals surface area contributed by atoms with E-state index in [1.54, 1.807) is 11.0 Å². The molecule has 60 valence electrons. The summed E-state index contributed by atoms with van der Waals surface area (Å²) in [6.45, 7) is 0.0150. The van der Waals surface area contributed by atoms with Gasteiger partial charge in [-0.15, -0.1) is 12.4 Å². The third-order valence-electron chi connectivity index (χ3n) is 0.333. The van der Waals surface area contributed by atoms with Crippen LogP contribution in [0.5, 0.6) is 0 Å². The van der Waals surface area contributed by atoms with E-state index in [9.17, 15) is 0 Å². The van der Waals surface area contributed by atoms with Crippen molar-refractivity contribution < 1.29 is 20.6 Å². The van der Waals surface area contributed by atoms with Crippen molar-refractivity contribution in [1.82, 2.24) is 11.0 Å². The molecule has 0 atom stereocenters. The second-order valence-corrected chi connectivity index (χ2v) is 0.809. The van der Waals surface area contributed by atoms with Gasteiger partial charge < -0.3 is 20.6 Å². The first-order chi connectivity index (χ1) is 3.41. The second kappa shape index (κ2) is 15.7. The van der Waals surface area contributed by atoms with Gasteiger partial charge in [-0.1, -0.05) is 0 Å². The van der Waals surface area contributed by atoms with Crippen LogP contribution in [0.2, 0.25) is 0 Å². The van der Waals surface area contributed by atoms with Gasteiger partial charge in [0, 0.05) is 0 Å². The number of ether oxygens (including phenoxy) is 1. The van der Waals surface area contributed by atoms with Crippen LogP contribution in [0.3, 0.4) is 0 Å². The lowest BCUT2D eigenvalue weighted by Gasteiger charge is -1.96. The van der Waals surface area contributed by atoms with Crippen molar-refractivity contribution in [1.29, 1.82) is 0 Å². The Morgan fingerprint density at radius 3 is 1.67 bits per heavy atom. The van der Waals surface area contributed by atoms with Gasteiger partial charge >= 0.3 is 0 Å². The van der Waals surface area contributed by atoms with Gasteiger partial charge in [-0.25, -0.2) is 0 Å². The molecule has 9 heavy (non-hydrogen) atoms. The largest absolute Gasteiger partial charge is 0.412 e. The number of halogens is 1. The molecule has 0 radical (unpaired) electrons. The summed E-state index contributed by atoms with van der Waals surface area (Å²) in [7, 11) is 0. The number of hydrogen-bond donors (Lipinski definition) is 4. The molecular weight excluding hydrogens is 151 g/mol. The highest BCUT2D eigenvalue weighted by Gasteiger charge is 1.76. The van der Waals surface area contributed by atoms with Crippen molar-refractivity contribution >= 4 is 12.4 Å². The molecule has 0 spiro atoms. The summed E-state index contributed by atoms with van der Waals surface area (Å²) in [6.07, 6.45) is 0. The number of hydroxylamine groups is 2. The van der Waals surface area contributed by atoms with Crippen molar-refractivity contribution in [2.75, 3.05) is 13.5 Å². The van der Waals surface area contributed by atoms with Crippen LogP contribution in [-0.4, -0.2) is 29.4 Å². The molecule has 0 bridgehead atoms. The summed E-state index contributed by atoms with van der Waals surface area (Å²) in [5, 5.41) is 15.6. The van der Waals surface area contributed by atoms with Gasteiger partial charge in [0.2, 0.25) is 0 Å². The highest BCUT2D eigenvalue weighted by molar-refractivity contribution is 5.85. The van der Waals surface area contributed by atoms with Crippen LogP contribution in [-0.2, 0) is 4.74 Å². The van der Waals surface area contributed by atoms with Crippen molar-refractivity contribution in [3.8, 4) is 0 Å². The Hall–Kier alpha value is 0.0500. The van der Waals surface area contributed by atoms with Crippen molar-refractivity contribution in [3.63, 3.8) is 0 Å². The topological polar surface area (TPSA) is 105 Å². The molecule has 0 fully saturated rings. The lowest BCUT2D eigenvalue weighted by Crippen LogP contribution is -2.19. The van der Waals surface area contributed by atoms with Crippen molar-refractivity contribution in [2.45, 2.75) is 0 Å². The van der Waals surface area contributed by atoms with Gasteiger partial charge in [0.25, 0.3) is 0 Å². The molecule has 0 heterocycles. The maximum Gasteiger partial charge on any atom is 0.121 e. The Balaban J connectivity index is -0.000000180. The molecule has 0 aromatic heterocycles. The Bertz CT molecular complexity index is 35.7. The molecule has 0 aliphatic heterocycles. The first-order valence-corrected chi connectivity index (χ1v) is 1.73. The molecule has 0 aromatic rings. The van der Waals surface area contributed by atoms with Crippen LogP contribution < -0.4 is 11.0 Å². The maximum atomic E-state index is 7.81. The number of rotatable bonds is 4. The summed E-state index contributed by atoms with van der Waals surface area (Å²) in [4.78, 5) is 0. The van der Waals surface area contributed by atoms with Crippen LogP contribution >= 0.6 is 12.4 Å². The van der Waals surface area contributed by atoms with Crippen LogP contribution in [0.1, 0.15) is 0 Å². The first kappa shape index (κ1) is 16.0. The highest BCUT2D eigenvalue weighted by Crippen LogP contribution is 1.58. The van der Waals surface area contributed by atoms with E-state index >= 15 is 0 Å². The summed E-state index contributed by atoms with van der Waals surface area (Å²) >= 11 is 0. The van der Waals surface area contributed by atoms with E-state index < -0.39 is 0 Å². The minimum absolute atomic E-state index is 0. The molecule has 6 N–H and O–H groups in total. The van der Waals surface area contributed by atoms with E-state index in [1.165, 1.54) is 0 Å². The van der Waals surface area contributed by atoms with E-state index in [-0.39, 0.29) is 31.3 Å². The van der Waals surface area contributed by atoms with E-state index in [1.807, 2.05) is 0 Å². The van der Waals surface area contributed by atoms with E-state index in [0.29, 0.717) is 0 Å². The predicted octanol–water partition coefficient (Wildman–Crippen LogP) is -1.53. The molecule has 6 nitrogen and oxygen atoms in total. The van der Waals surface area contributed by atoms with Gasteiger partial charge in [0.15, 0.2) is 0 Å². The van der Waals surface area contributed by atoms with Crippen LogP contribution in [0, 0.1) is 0 Å². The summed E-state index contributed by atoms with van der Waals surface area (Å²) in [5.41, 5.74) is 3.46. The minimum Gasteiger partial charge on any atom is -0.412 e. The number of hydrogen-bond acceptors (Lipinski definition) is 5. The molecule has 0 aromatic carbocycles. The monoisotopic (exact) mass is 162 g/mol. The highest BCUT2D eigenvalue weighted by atomic mass is 35.5. The average molecular weight is 163 g/mol. The second-order valence-electron chi connectivity index (χ2n) is 0.809. The van der Waals surface area contributed by atoms with Gasteiger partial charge in [-0.05, 0) is 0 Å². The van der Waals surface area contributed by atoms with Crippen molar-refractivity contribution in [2.24, 2.45) is 0 Å². The SMILES string of the molecule is Cl.O.ONCOCNO. The zero-order valence-electron chi connectivity index (χ0n) is 4.63. The van der Waals surface area contributed by atoms with Crippen LogP contribution in [0.25, 0.3) is 0 Å². The van der Waals surface area contributed by atoms with E-state index in [0.717, 1.165) is 0 Å². The fourth-order valence-electron chi connectivity index (χ4n) is 0.142. The normalized spacial score (nSPS) is 7.33. The zero-order chi connectivity index (χ0) is 5.54. The minimum atomic E-state index is 0. The fourth-order valence-corrected chi connectivity index (χ4v) is 0.142. The molecule has 0 saturated heterocycles. The molecule has 7 heteroatoms. The van der Waals surface area contributed by atoms with Gasteiger partial charge in [0.1, 0.15) is 13.5 Å². The molecule has 0 saturated carbocycles. The Morgan fingerprint density at radius 2 is 1.44 bits per heavy atom. The van der Waals surface area contributed by atoms with E-state index in [2.05, 4.69) is 4.74 Å². The summed E-state index contributed by atoms with van der Waals surface area (Å²) < 4.78 is 4.41. The standard InChI is InChI=1S/C2H8N2O3.ClH.H2O/c5-3-1-7-2-4-6;;/h3-6H,1-2H2;1H;1H2. The van der Waals surface area contributed by atoms with Gasteiger partial charge in [-0.2, -0.15) is 11.0 Å². The lowest BCUT2D eigenvalue weighted by atomic mass is 11.2. The van der Waals surface area contributed by atoms with Crippen molar-refractivity contribution in [3.05, 3.63) is 0 Å². The molecule has 0 amide bonds. The summed E-state index contributed by atoms with van der Waals surface area (Å²) in [5.74, 6) is 0. The Morgan fingerprint density at radius 1 is 1.11 bits per heavy atom. The van der Waals surface area contributed by atoms with E-state index in [4.69, 9.17) is 10.4 Å². The quantitative estimate of drug-likeness (QED) is 0.228. The summed E-state index contributed by atoms with van der Waals surface area (Å²) in [6, 6.07) is 0. The first-order valence-electron chi connectivity index (χ1n) is 1.73. The Labute approximate surface area is 58.4 Å².